The summed E-state index contributed by atoms with van der Waals surface area (Å²) in [6.07, 6.45) is 7.85. The maximum atomic E-state index is 12.9. The number of esters is 1. The van der Waals surface area contributed by atoms with E-state index in [1.165, 1.54) is 50.7 Å². The number of halogens is 1. The molecular weight excluding hydrogens is 345 g/mol. The predicted molar refractivity (Wildman–Crippen MR) is 99.3 cm³/mol. The normalized spacial score (nSPS) is 32.1. The Hall–Kier alpha value is -1.91. The van der Waals surface area contributed by atoms with E-state index in [1.807, 2.05) is 0 Å². The van der Waals surface area contributed by atoms with Crippen molar-refractivity contribution in [3.05, 3.63) is 35.6 Å². The summed E-state index contributed by atoms with van der Waals surface area (Å²) in [4.78, 5) is 24.2. The van der Waals surface area contributed by atoms with E-state index in [9.17, 15) is 14.0 Å². The molecule has 4 bridgehead atoms. The zero-order chi connectivity index (χ0) is 19.0. The lowest BCUT2D eigenvalue weighted by atomic mass is 9.48. The van der Waals surface area contributed by atoms with Crippen molar-refractivity contribution in [3.63, 3.8) is 0 Å². The summed E-state index contributed by atoms with van der Waals surface area (Å²) in [5.41, 5.74) is 0.909. The van der Waals surface area contributed by atoms with Gasteiger partial charge in [-0.25, -0.2) is 4.39 Å². The van der Waals surface area contributed by atoms with Gasteiger partial charge in [-0.05, 0) is 86.3 Å². The highest BCUT2D eigenvalue weighted by Gasteiger charge is 2.53. The van der Waals surface area contributed by atoms with Crippen molar-refractivity contribution in [2.75, 3.05) is 6.61 Å². The molecule has 0 radical (unpaired) electrons. The summed E-state index contributed by atoms with van der Waals surface area (Å²) in [5.74, 6) is 1.47. The Morgan fingerprint density at radius 1 is 1.11 bits per heavy atom. The number of amides is 1. The number of rotatable bonds is 6. The van der Waals surface area contributed by atoms with E-state index >= 15 is 0 Å². The van der Waals surface area contributed by atoms with Crippen molar-refractivity contribution in [2.24, 2.45) is 23.2 Å². The quantitative estimate of drug-likeness (QED) is 0.775. The highest BCUT2D eigenvalue weighted by Crippen LogP contribution is 2.61. The Morgan fingerprint density at radius 3 is 2.22 bits per heavy atom. The second-order valence-corrected chi connectivity index (χ2v) is 9.03. The first-order valence-corrected chi connectivity index (χ1v) is 10.1. The summed E-state index contributed by atoms with van der Waals surface area (Å²) in [5, 5.41) is 3.10. The third-order valence-electron chi connectivity index (χ3n) is 7.01. The van der Waals surface area contributed by atoms with Gasteiger partial charge in [-0.1, -0.05) is 12.1 Å². The molecule has 1 N–H and O–H groups in total. The third-order valence-corrected chi connectivity index (χ3v) is 7.01. The standard InChI is InChI=1S/C22H28FNO3/c1-14(22-10-16-6-17(11-22)8-18(7-16)12-22)24-20(25)13-27-21(26)9-15-2-4-19(23)5-3-15/h2-5,14,16-18H,6-13H2,1H3,(H,24,25)/t14-,16?,17?,18?,22?/m0/s1. The molecule has 1 aromatic rings. The van der Waals surface area contributed by atoms with E-state index in [2.05, 4.69) is 12.2 Å². The van der Waals surface area contributed by atoms with Gasteiger partial charge in [0.05, 0.1) is 6.42 Å². The SMILES string of the molecule is C[C@H](NC(=O)COC(=O)Cc1ccc(F)cc1)C12CC3CC(CC(C3)C1)C2. The van der Waals surface area contributed by atoms with Crippen LogP contribution in [0.4, 0.5) is 4.39 Å². The second kappa shape index (κ2) is 7.25. The smallest absolute Gasteiger partial charge is 0.310 e. The Kier molecular flexibility index (Phi) is 4.95. The molecule has 0 unspecified atom stereocenters. The minimum absolute atomic E-state index is 0.0398. The molecule has 4 fully saturated rings. The van der Waals surface area contributed by atoms with Crippen LogP contribution < -0.4 is 5.32 Å². The first-order valence-electron chi connectivity index (χ1n) is 10.1. The zero-order valence-electron chi connectivity index (χ0n) is 15.9. The van der Waals surface area contributed by atoms with Gasteiger partial charge in [-0.15, -0.1) is 0 Å². The Bertz CT molecular complexity index is 679. The lowest BCUT2D eigenvalue weighted by Gasteiger charge is -2.59. The lowest BCUT2D eigenvalue weighted by molar-refractivity contribution is -0.148. The maximum Gasteiger partial charge on any atom is 0.310 e. The average Bonchev–Trinajstić information content (AvgIpc) is 2.61. The molecule has 0 heterocycles. The lowest BCUT2D eigenvalue weighted by Crippen LogP contribution is -2.56. The van der Waals surface area contributed by atoms with Crippen LogP contribution in [0, 0.1) is 29.0 Å². The van der Waals surface area contributed by atoms with Crippen LogP contribution in [0.3, 0.4) is 0 Å². The van der Waals surface area contributed by atoms with E-state index in [4.69, 9.17) is 4.74 Å². The number of carbonyl (C=O) groups excluding carboxylic acids is 2. The van der Waals surface area contributed by atoms with Crippen LogP contribution in [0.25, 0.3) is 0 Å². The number of benzene rings is 1. The topological polar surface area (TPSA) is 55.4 Å². The van der Waals surface area contributed by atoms with Gasteiger partial charge in [0, 0.05) is 6.04 Å². The van der Waals surface area contributed by atoms with Crippen LogP contribution in [0.2, 0.25) is 0 Å². The van der Waals surface area contributed by atoms with Crippen LogP contribution in [0.1, 0.15) is 51.0 Å². The summed E-state index contributed by atoms with van der Waals surface area (Å²) in [6.45, 7) is 1.86. The Labute approximate surface area is 159 Å². The van der Waals surface area contributed by atoms with Gasteiger partial charge >= 0.3 is 5.97 Å². The van der Waals surface area contributed by atoms with Crippen molar-refractivity contribution < 1.29 is 18.7 Å². The molecule has 1 amide bonds. The minimum atomic E-state index is -0.473. The molecule has 5 rings (SSSR count). The monoisotopic (exact) mass is 373 g/mol. The molecule has 4 aliphatic rings. The largest absolute Gasteiger partial charge is 0.455 e. The van der Waals surface area contributed by atoms with Crippen molar-refractivity contribution in [1.82, 2.24) is 5.32 Å². The molecule has 0 spiro atoms. The summed E-state index contributed by atoms with van der Waals surface area (Å²) in [7, 11) is 0. The fraction of sp³-hybridized carbons (Fsp3) is 0.636. The van der Waals surface area contributed by atoms with Gasteiger partial charge in [0.1, 0.15) is 5.82 Å². The van der Waals surface area contributed by atoms with E-state index in [0.717, 1.165) is 17.8 Å². The summed E-state index contributed by atoms with van der Waals surface area (Å²) in [6, 6.07) is 5.83. The number of carbonyl (C=O) groups is 2. The van der Waals surface area contributed by atoms with E-state index < -0.39 is 5.97 Å². The third kappa shape index (κ3) is 4.02. The predicted octanol–water partition coefficient (Wildman–Crippen LogP) is 3.63. The van der Waals surface area contributed by atoms with Crippen LogP contribution in [0.5, 0.6) is 0 Å². The maximum absolute atomic E-state index is 12.9. The molecule has 0 saturated heterocycles. The van der Waals surface area contributed by atoms with Crippen LogP contribution in [-0.4, -0.2) is 24.5 Å². The highest BCUT2D eigenvalue weighted by atomic mass is 19.1. The zero-order valence-corrected chi connectivity index (χ0v) is 15.9. The Balaban J connectivity index is 1.25. The molecule has 1 atom stereocenters. The average molecular weight is 373 g/mol. The number of ether oxygens (including phenoxy) is 1. The molecule has 4 aliphatic carbocycles. The van der Waals surface area contributed by atoms with E-state index in [-0.39, 0.29) is 36.2 Å². The van der Waals surface area contributed by atoms with E-state index in [0.29, 0.717) is 5.56 Å². The highest BCUT2D eigenvalue weighted by molar-refractivity contribution is 5.81. The Morgan fingerprint density at radius 2 is 1.67 bits per heavy atom. The fourth-order valence-electron chi connectivity index (χ4n) is 6.11. The van der Waals surface area contributed by atoms with Crippen molar-refractivity contribution in [3.8, 4) is 0 Å². The molecule has 4 saturated carbocycles. The number of hydrogen-bond acceptors (Lipinski definition) is 3. The molecule has 146 valence electrons. The van der Waals surface area contributed by atoms with Crippen LogP contribution >= 0.6 is 0 Å². The molecule has 0 aromatic heterocycles. The van der Waals surface area contributed by atoms with E-state index in [1.54, 1.807) is 12.1 Å². The minimum Gasteiger partial charge on any atom is -0.455 e. The van der Waals surface area contributed by atoms with Crippen LogP contribution in [0.15, 0.2) is 24.3 Å². The fourth-order valence-corrected chi connectivity index (χ4v) is 6.11. The van der Waals surface area contributed by atoms with Crippen molar-refractivity contribution in [1.29, 1.82) is 0 Å². The van der Waals surface area contributed by atoms with Gasteiger partial charge in [0.15, 0.2) is 6.61 Å². The van der Waals surface area contributed by atoms with Gasteiger partial charge < -0.3 is 10.1 Å². The molecule has 0 aliphatic heterocycles. The first-order chi connectivity index (χ1) is 12.9. The van der Waals surface area contributed by atoms with Gasteiger partial charge in [0.25, 0.3) is 5.91 Å². The van der Waals surface area contributed by atoms with Crippen molar-refractivity contribution >= 4 is 11.9 Å². The second-order valence-electron chi connectivity index (χ2n) is 9.03. The molecule has 1 aromatic carbocycles. The van der Waals surface area contributed by atoms with Gasteiger partial charge in [-0.2, -0.15) is 0 Å². The van der Waals surface area contributed by atoms with Gasteiger partial charge in [-0.3, -0.25) is 9.59 Å². The molecule has 4 nitrogen and oxygen atoms in total. The van der Waals surface area contributed by atoms with Crippen LogP contribution in [-0.2, 0) is 20.7 Å². The summed E-state index contributed by atoms with van der Waals surface area (Å²) >= 11 is 0. The molecular formula is C22H28FNO3. The first kappa shape index (κ1) is 18.5. The van der Waals surface area contributed by atoms with Crippen molar-refractivity contribution in [2.45, 2.75) is 57.9 Å². The van der Waals surface area contributed by atoms with Gasteiger partial charge in [0.2, 0.25) is 0 Å². The number of nitrogens with one attached hydrogen (secondary N) is 1. The summed E-state index contributed by atoms with van der Waals surface area (Å²) < 4.78 is 18.0. The molecule has 27 heavy (non-hydrogen) atoms. The molecule has 5 heteroatoms. The number of hydrogen-bond donors (Lipinski definition) is 1.